The molecule has 0 aromatic rings. The van der Waals surface area contributed by atoms with E-state index in [0.29, 0.717) is 11.8 Å². The maximum atomic E-state index is 12.3. The van der Waals surface area contributed by atoms with E-state index in [1.807, 2.05) is 0 Å². The van der Waals surface area contributed by atoms with Crippen molar-refractivity contribution in [3.63, 3.8) is 0 Å². The number of nitrogens with one attached hydrogen (secondary N) is 1. The van der Waals surface area contributed by atoms with E-state index in [-0.39, 0.29) is 12.2 Å². The SMILES string of the molecule is CCCCCN1C(=O)C(CCC)NC1C(C)C. The summed E-state index contributed by atoms with van der Waals surface area (Å²) in [5.41, 5.74) is 0. The zero-order chi connectivity index (χ0) is 12.8. The summed E-state index contributed by atoms with van der Waals surface area (Å²) in [5.74, 6) is 0.809. The van der Waals surface area contributed by atoms with E-state index in [1.54, 1.807) is 0 Å². The number of carbonyl (C=O) groups is 1. The summed E-state index contributed by atoms with van der Waals surface area (Å²) in [6, 6.07) is 0.0639. The monoisotopic (exact) mass is 240 g/mol. The van der Waals surface area contributed by atoms with Gasteiger partial charge in [0.25, 0.3) is 0 Å². The zero-order valence-corrected chi connectivity index (χ0v) is 11.8. The Balaban J connectivity index is 2.59. The molecule has 1 aliphatic rings. The van der Waals surface area contributed by atoms with Gasteiger partial charge in [0.05, 0.1) is 12.2 Å². The Kier molecular flexibility index (Phi) is 5.96. The van der Waals surface area contributed by atoms with E-state index >= 15 is 0 Å². The predicted molar refractivity (Wildman–Crippen MR) is 71.7 cm³/mol. The summed E-state index contributed by atoms with van der Waals surface area (Å²) < 4.78 is 0. The van der Waals surface area contributed by atoms with Crippen LogP contribution < -0.4 is 5.32 Å². The minimum absolute atomic E-state index is 0.0639. The van der Waals surface area contributed by atoms with Gasteiger partial charge >= 0.3 is 0 Å². The molecule has 1 N–H and O–H groups in total. The highest BCUT2D eigenvalue weighted by Crippen LogP contribution is 2.20. The summed E-state index contributed by atoms with van der Waals surface area (Å²) in [6.07, 6.45) is 5.83. The average molecular weight is 240 g/mol. The van der Waals surface area contributed by atoms with E-state index in [9.17, 15) is 4.79 Å². The topological polar surface area (TPSA) is 32.3 Å². The van der Waals surface area contributed by atoms with Crippen molar-refractivity contribution in [1.82, 2.24) is 10.2 Å². The first kappa shape index (κ1) is 14.5. The number of unbranched alkanes of at least 4 members (excludes halogenated alkanes) is 2. The summed E-state index contributed by atoms with van der Waals surface area (Å²) in [4.78, 5) is 14.3. The fourth-order valence-electron chi connectivity index (χ4n) is 2.53. The van der Waals surface area contributed by atoms with Crippen molar-refractivity contribution in [1.29, 1.82) is 0 Å². The van der Waals surface area contributed by atoms with Crippen LogP contribution in [-0.2, 0) is 4.79 Å². The fourth-order valence-corrected chi connectivity index (χ4v) is 2.53. The van der Waals surface area contributed by atoms with Crippen LogP contribution in [-0.4, -0.2) is 29.6 Å². The number of carbonyl (C=O) groups excluding carboxylic acids is 1. The highest BCUT2D eigenvalue weighted by atomic mass is 16.2. The second-order valence-corrected chi connectivity index (χ2v) is 5.44. The van der Waals surface area contributed by atoms with E-state index in [4.69, 9.17) is 0 Å². The van der Waals surface area contributed by atoms with Gasteiger partial charge in [0.1, 0.15) is 0 Å². The zero-order valence-electron chi connectivity index (χ0n) is 11.8. The Bertz CT molecular complexity index is 240. The van der Waals surface area contributed by atoms with Gasteiger partial charge in [-0.15, -0.1) is 0 Å². The molecule has 100 valence electrons. The number of hydrogen-bond donors (Lipinski definition) is 1. The Morgan fingerprint density at radius 1 is 1.24 bits per heavy atom. The van der Waals surface area contributed by atoms with Crippen LogP contribution in [0.4, 0.5) is 0 Å². The van der Waals surface area contributed by atoms with Crippen LogP contribution in [0.25, 0.3) is 0 Å². The van der Waals surface area contributed by atoms with E-state index in [1.165, 1.54) is 12.8 Å². The molecule has 1 saturated heterocycles. The lowest BCUT2D eigenvalue weighted by molar-refractivity contribution is -0.130. The Hall–Kier alpha value is -0.570. The van der Waals surface area contributed by atoms with E-state index < -0.39 is 0 Å². The third kappa shape index (κ3) is 3.70. The molecule has 0 radical (unpaired) electrons. The molecule has 1 aliphatic heterocycles. The van der Waals surface area contributed by atoms with Crippen LogP contribution >= 0.6 is 0 Å². The first-order chi connectivity index (χ1) is 8.11. The van der Waals surface area contributed by atoms with Gasteiger partial charge in [-0.1, -0.05) is 47.0 Å². The molecule has 0 aromatic heterocycles. The highest BCUT2D eigenvalue weighted by molar-refractivity contribution is 5.84. The van der Waals surface area contributed by atoms with Crippen molar-refractivity contribution < 1.29 is 4.79 Å². The second kappa shape index (κ2) is 7.00. The third-order valence-electron chi connectivity index (χ3n) is 3.50. The van der Waals surface area contributed by atoms with E-state index in [0.717, 1.165) is 25.8 Å². The molecule has 0 bridgehead atoms. The molecule has 0 spiro atoms. The lowest BCUT2D eigenvalue weighted by Crippen LogP contribution is -2.41. The lowest BCUT2D eigenvalue weighted by Gasteiger charge is -2.27. The number of hydrogen-bond acceptors (Lipinski definition) is 2. The van der Waals surface area contributed by atoms with Crippen molar-refractivity contribution in [2.45, 2.75) is 72.0 Å². The van der Waals surface area contributed by atoms with E-state index in [2.05, 4.69) is 37.9 Å². The van der Waals surface area contributed by atoms with Gasteiger partial charge in [-0.25, -0.2) is 0 Å². The smallest absolute Gasteiger partial charge is 0.241 e. The van der Waals surface area contributed by atoms with Gasteiger partial charge < -0.3 is 4.90 Å². The van der Waals surface area contributed by atoms with Crippen LogP contribution in [0.15, 0.2) is 0 Å². The van der Waals surface area contributed by atoms with Crippen LogP contribution in [0, 0.1) is 5.92 Å². The Morgan fingerprint density at radius 2 is 1.94 bits per heavy atom. The molecular weight excluding hydrogens is 212 g/mol. The molecule has 1 fully saturated rings. The molecule has 0 saturated carbocycles. The first-order valence-electron chi connectivity index (χ1n) is 7.18. The highest BCUT2D eigenvalue weighted by Gasteiger charge is 2.38. The largest absolute Gasteiger partial charge is 0.326 e. The van der Waals surface area contributed by atoms with Crippen molar-refractivity contribution in [2.75, 3.05) is 6.54 Å². The number of nitrogens with zero attached hydrogens (tertiary/aromatic N) is 1. The van der Waals surface area contributed by atoms with Gasteiger partial charge in [-0.3, -0.25) is 10.1 Å². The minimum atomic E-state index is 0.0639. The molecule has 1 amide bonds. The third-order valence-corrected chi connectivity index (χ3v) is 3.50. The normalized spacial score (nSPS) is 25.0. The van der Waals surface area contributed by atoms with Crippen molar-refractivity contribution in [3.05, 3.63) is 0 Å². The maximum Gasteiger partial charge on any atom is 0.241 e. The van der Waals surface area contributed by atoms with Crippen molar-refractivity contribution >= 4 is 5.91 Å². The molecule has 1 heterocycles. The molecule has 0 aliphatic carbocycles. The lowest BCUT2D eigenvalue weighted by atomic mass is 10.1. The number of rotatable bonds is 7. The molecule has 0 aromatic carbocycles. The van der Waals surface area contributed by atoms with Crippen LogP contribution in [0.2, 0.25) is 0 Å². The van der Waals surface area contributed by atoms with Gasteiger partial charge in [-0.05, 0) is 18.8 Å². The van der Waals surface area contributed by atoms with Gasteiger partial charge in [-0.2, -0.15) is 0 Å². The molecule has 1 rings (SSSR count). The summed E-state index contributed by atoms with van der Waals surface area (Å²) in [6.45, 7) is 9.63. The maximum absolute atomic E-state index is 12.3. The Labute approximate surface area is 106 Å². The van der Waals surface area contributed by atoms with Gasteiger partial charge in [0.15, 0.2) is 0 Å². The number of amides is 1. The molecule has 3 nitrogen and oxygen atoms in total. The summed E-state index contributed by atoms with van der Waals surface area (Å²) in [7, 11) is 0. The van der Waals surface area contributed by atoms with Gasteiger partial charge in [0.2, 0.25) is 5.91 Å². The molecular formula is C14H28N2O. The van der Waals surface area contributed by atoms with Crippen LogP contribution in [0.1, 0.15) is 59.8 Å². The van der Waals surface area contributed by atoms with Crippen molar-refractivity contribution in [2.24, 2.45) is 5.92 Å². The molecule has 2 atom stereocenters. The van der Waals surface area contributed by atoms with Gasteiger partial charge in [0, 0.05) is 6.54 Å². The standard InChI is InChI=1S/C14H28N2O/c1-5-7-8-10-16-13(11(3)4)15-12(9-6-2)14(16)17/h11-13,15H,5-10H2,1-4H3. The summed E-state index contributed by atoms with van der Waals surface area (Å²) >= 11 is 0. The van der Waals surface area contributed by atoms with Crippen molar-refractivity contribution in [3.8, 4) is 0 Å². The van der Waals surface area contributed by atoms with Crippen LogP contribution in [0.3, 0.4) is 0 Å². The molecule has 17 heavy (non-hydrogen) atoms. The first-order valence-corrected chi connectivity index (χ1v) is 7.18. The molecule has 2 unspecified atom stereocenters. The average Bonchev–Trinajstić information content (AvgIpc) is 2.59. The van der Waals surface area contributed by atoms with Crippen LogP contribution in [0.5, 0.6) is 0 Å². The predicted octanol–water partition coefficient (Wildman–Crippen LogP) is 2.76. The molecule has 3 heteroatoms. The summed E-state index contributed by atoms with van der Waals surface area (Å²) in [5, 5.41) is 3.49. The fraction of sp³-hybridized carbons (Fsp3) is 0.929. The Morgan fingerprint density at radius 3 is 2.47 bits per heavy atom. The second-order valence-electron chi connectivity index (χ2n) is 5.44. The minimum Gasteiger partial charge on any atom is -0.326 e. The quantitative estimate of drug-likeness (QED) is 0.694.